The number of carbonyl (C=O) groups is 2. The van der Waals surface area contributed by atoms with Gasteiger partial charge in [-0.15, -0.1) is 0 Å². The molecule has 0 saturated carbocycles. The molecule has 0 bridgehead atoms. The lowest BCUT2D eigenvalue weighted by Gasteiger charge is -2.15. The van der Waals surface area contributed by atoms with Crippen molar-refractivity contribution >= 4 is 21.7 Å². The molecule has 0 fully saturated rings. The van der Waals surface area contributed by atoms with E-state index >= 15 is 0 Å². The average Bonchev–Trinajstić information content (AvgIpc) is 2.37. The van der Waals surface area contributed by atoms with Crippen LogP contribution in [0.15, 0.2) is 23.1 Å². The number of carboxylic acid groups (broad SMARTS) is 1. The maximum Gasteiger partial charge on any atom is 0.335 e. The molecule has 1 unspecified atom stereocenters. The van der Waals surface area contributed by atoms with Crippen LogP contribution in [0.5, 0.6) is 0 Å². The van der Waals surface area contributed by atoms with Crippen LogP contribution in [0.2, 0.25) is 0 Å². The van der Waals surface area contributed by atoms with Gasteiger partial charge in [0.25, 0.3) is 0 Å². The van der Waals surface area contributed by atoms with E-state index in [0.29, 0.717) is 6.54 Å². The summed E-state index contributed by atoms with van der Waals surface area (Å²) in [4.78, 5) is 22.6. The second kappa shape index (κ2) is 6.04. The molecule has 110 valence electrons. The van der Waals surface area contributed by atoms with Gasteiger partial charge in [-0.2, -0.15) is 0 Å². The summed E-state index contributed by atoms with van der Waals surface area (Å²) < 4.78 is 24.8. The number of sulfone groups is 1. The molecular weight excluding hydrogens is 282 g/mol. The smallest absolute Gasteiger partial charge is 0.335 e. The van der Waals surface area contributed by atoms with Gasteiger partial charge >= 0.3 is 5.97 Å². The maximum atomic E-state index is 12.4. The molecule has 7 heteroatoms. The number of hydrogen-bond donors (Lipinski definition) is 2. The molecule has 0 aliphatic rings. The number of carboxylic acids is 1. The van der Waals surface area contributed by atoms with E-state index < -0.39 is 27.0 Å². The molecule has 1 aromatic carbocycles. The normalized spacial score (nSPS) is 12.8. The summed E-state index contributed by atoms with van der Waals surface area (Å²) in [5.41, 5.74) is 0.0466. The minimum Gasteiger partial charge on any atom is -0.478 e. The van der Waals surface area contributed by atoms with Crippen LogP contribution >= 0.6 is 0 Å². The van der Waals surface area contributed by atoms with E-state index in [4.69, 9.17) is 5.11 Å². The van der Waals surface area contributed by atoms with Crippen LogP contribution < -0.4 is 5.32 Å². The van der Waals surface area contributed by atoms with Gasteiger partial charge in [0, 0.05) is 6.54 Å². The van der Waals surface area contributed by atoms with E-state index in [1.165, 1.54) is 32.0 Å². The van der Waals surface area contributed by atoms with Crippen LogP contribution in [-0.4, -0.2) is 37.2 Å². The Bertz CT molecular complexity index is 636. The third-order valence-electron chi connectivity index (χ3n) is 3.01. The van der Waals surface area contributed by atoms with Gasteiger partial charge in [-0.05, 0) is 38.5 Å². The maximum absolute atomic E-state index is 12.4. The van der Waals surface area contributed by atoms with E-state index in [2.05, 4.69) is 5.32 Å². The molecule has 0 heterocycles. The molecule has 1 amide bonds. The molecule has 1 aromatic rings. The Hall–Kier alpha value is -1.89. The first-order chi connectivity index (χ1) is 9.23. The van der Waals surface area contributed by atoms with Crippen LogP contribution in [0.4, 0.5) is 0 Å². The third-order valence-corrected chi connectivity index (χ3v) is 5.21. The molecule has 1 rings (SSSR count). The number of hydrogen-bond acceptors (Lipinski definition) is 4. The van der Waals surface area contributed by atoms with Gasteiger partial charge in [-0.3, -0.25) is 4.79 Å². The van der Waals surface area contributed by atoms with E-state index in [1.54, 1.807) is 6.92 Å². The predicted octanol–water partition coefficient (Wildman–Crippen LogP) is 0.992. The van der Waals surface area contributed by atoms with Crippen molar-refractivity contribution in [1.29, 1.82) is 0 Å². The van der Waals surface area contributed by atoms with E-state index in [0.717, 1.165) is 0 Å². The topological polar surface area (TPSA) is 101 Å². The number of amides is 1. The van der Waals surface area contributed by atoms with Crippen molar-refractivity contribution in [3.05, 3.63) is 29.3 Å². The number of nitrogens with one attached hydrogen (secondary N) is 1. The van der Waals surface area contributed by atoms with Gasteiger partial charge in [-0.1, -0.05) is 6.07 Å². The Morgan fingerprint density at radius 1 is 1.35 bits per heavy atom. The first kappa shape index (κ1) is 16.2. The summed E-state index contributed by atoms with van der Waals surface area (Å²) in [6.07, 6.45) is 0. The molecule has 0 saturated heterocycles. The first-order valence-electron chi connectivity index (χ1n) is 6.08. The largest absolute Gasteiger partial charge is 0.478 e. The van der Waals surface area contributed by atoms with Crippen LogP contribution in [0.3, 0.4) is 0 Å². The standard InChI is InChI=1S/C13H17NO5S/c1-4-14-12(15)9(3)20(18,19)11-7-5-6-10(8(11)2)13(16)17/h5-7,9H,4H2,1-3H3,(H,14,15)(H,16,17). The molecular formula is C13H17NO5S. The molecule has 1 atom stereocenters. The number of benzene rings is 1. The van der Waals surface area contributed by atoms with Crippen LogP contribution in [0, 0.1) is 6.92 Å². The Balaban J connectivity index is 3.33. The predicted molar refractivity (Wildman–Crippen MR) is 73.5 cm³/mol. The Morgan fingerprint density at radius 3 is 2.45 bits per heavy atom. The lowest BCUT2D eigenvalue weighted by atomic mass is 10.1. The second-order valence-corrected chi connectivity index (χ2v) is 6.55. The average molecular weight is 299 g/mol. The fourth-order valence-electron chi connectivity index (χ4n) is 1.80. The van der Waals surface area contributed by atoms with Crippen LogP contribution in [0.25, 0.3) is 0 Å². The zero-order chi connectivity index (χ0) is 15.5. The molecule has 6 nitrogen and oxygen atoms in total. The minimum atomic E-state index is -3.92. The van der Waals surface area contributed by atoms with E-state index in [9.17, 15) is 18.0 Å². The van der Waals surface area contributed by atoms with Crippen molar-refractivity contribution in [2.45, 2.75) is 30.9 Å². The van der Waals surface area contributed by atoms with Crippen molar-refractivity contribution in [3.63, 3.8) is 0 Å². The van der Waals surface area contributed by atoms with Gasteiger partial charge < -0.3 is 10.4 Å². The highest BCUT2D eigenvalue weighted by Gasteiger charge is 2.31. The molecule has 2 N–H and O–H groups in total. The lowest BCUT2D eigenvalue weighted by molar-refractivity contribution is -0.120. The van der Waals surface area contributed by atoms with E-state index in [-0.39, 0.29) is 16.0 Å². The zero-order valence-electron chi connectivity index (χ0n) is 11.5. The molecule has 20 heavy (non-hydrogen) atoms. The third kappa shape index (κ3) is 2.98. The van der Waals surface area contributed by atoms with Gasteiger partial charge in [0.2, 0.25) is 5.91 Å². The van der Waals surface area contributed by atoms with Crippen LogP contribution in [0.1, 0.15) is 29.8 Å². The SMILES string of the molecule is CCNC(=O)C(C)S(=O)(=O)c1cccc(C(=O)O)c1C. The van der Waals surface area contributed by atoms with Crippen molar-refractivity contribution in [2.75, 3.05) is 6.54 Å². The summed E-state index contributed by atoms with van der Waals surface area (Å²) in [6.45, 7) is 4.72. The fourth-order valence-corrected chi connectivity index (χ4v) is 3.35. The first-order valence-corrected chi connectivity index (χ1v) is 7.62. The highest BCUT2D eigenvalue weighted by molar-refractivity contribution is 7.92. The molecule has 0 radical (unpaired) electrons. The zero-order valence-corrected chi connectivity index (χ0v) is 12.3. The monoisotopic (exact) mass is 299 g/mol. The fraction of sp³-hybridized carbons (Fsp3) is 0.385. The number of carbonyl (C=O) groups excluding carboxylic acids is 1. The molecule has 0 aromatic heterocycles. The highest BCUT2D eigenvalue weighted by Crippen LogP contribution is 2.23. The summed E-state index contributed by atoms with van der Waals surface area (Å²) in [5.74, 6) is -1.81. The van der Waals surface area contributed by atoms with E-state index in [1.807, 2.05) is 0 Å². The minimum absolute atomic E-state index is 0.0887. The van der Waals surface area contributed by atoms with Gasteiger partial charge in [0.15, 0.2) is 9.84 Å². The van der Waals surface area contributed by atoms with Crippen molar-refractivity contribution < 1.29 is 23.1 Å². The van der Waals surface area contributed by atoms with Crippen molar-refractivity contribution in [2.24, 2.45) is 0 Å². The summed E-state index contributed by atoms with van der Waals surface area (Å²) in [6, 6.07) is 3.99. The second-order valence-electron chi connectivity index (χ2n) is 4.32. The van der Waals surface area contributed by atoms with Crippen molar-refractivity contribution in [3.8, 4) is 0 Å². The Kier molecular flexibility index (Phi) is 4.88. The van der Waals surface area contributed by atoms with Gasteiger partial charge in [0.05, 0.1) is 10.5 Å². The summed E-state index contributed by atoms with van der Waals surface area (Å²) >= 11 is 0. The van der Waals surface area contributed by atoms with Gasteiger partial charge in [-0.25, -0.2) is 13.2 Å². The molecule has 0 aliphatic carbocycles. The van der Waals surface area contributed by atoms with Gasteiger partial charge in [0.1, 0.15) is 5.25 Å². The highest BCUT2D eigenvalue weighted by atomic mass is 32.2. The quantitative estimate of drug-likeness (QED) is 0.844. The van der Waals surface area contributed by atoms with Crippen molar-refractivity contribution in [1.82, 2.24) is 5.32 Å². The Morgan fingerprint density at radius 2 is 1.95 bits per heavy atom. The molecule has 0 spiro atoms. The molecule has 0 aliphatic heterocycles. The summed E-state index contributed by atoms with van der Waals surface area (Å²) in [7, 11) is -3.92. The Labute approximate surface area is 117 Å². The lowest BCUT2D eigenvalue weighted by Crippen LogP contribution is -2.38. The van der Waals surface area contributed by atoms with Crippen LogP contribution in [-0.2, 0) is 14.6 Å². The summed E-state index contributed by atoms with van der Waals surface area (Å²) in [5, 5.41) is 10.2. The number of rotatable bonds is 5. The number of aromatic carboxylic acids is 1.